The molecule has 5 nitrogen and oxygen atoms in total. The summed E-state index contributed by atoms with van der Waals surface area (Å²) in [6, 6.07) is 16.9. The molecule has 0 bridgehead atoms. The molecule has 0 heterocycles. The van der Waals surface area contributed by atoms with Crippen LogP contribution in [0.3, 0.4) is 0 Å². The van der Waals surface area contributed by atoms with Crippen molar-refractivity contribution in [3.8, 4) is 5.75 Å². The smallest absolute Gasteiger partial charge is 0.342 e. The Bertz CT molecular complexity index is 745. The fourth-order valence-electron chi connectivity index (χ4n) is 2.78. The van der Waals surface area contributed by atoms with Crippen LogP contribution in [0.4, 0.5) is 0 Å². The lowest BCUT2D eigenvalue weighted by Crippen LogP contribution is -2.38. The molecule has 144 valence electrons. The zero-order chi connectivity index (χ0) is 19.6. The molecule has 0 saturated heterocycles. The molecule has 0 aliphatic heterocycles. The molecule has 2 atom stereocenters. The third kappa shape index (κ3) is 5.84. The average molecular weight is 369 g/mol. The van der Waals surface area contributed by atoms with Gasteiger partial charge in [0, 0.05) is 12.5 Å². The minimum Gasteiger partial charge on any atom is -0.493 e. The van der Waals surface area contributed by atoms with Crippen molar-refractivity contribution >= 4 is 11.9 Å². The second kappa shape index (κ2) is 10.4. The van der Waals surface area contributed by atoms with E-state index in [1.165, 1.54) is 5.56 Å². The molecule has 0 spiro atoms. The molecular weight excluding hydrogens is 342 g/mol. The van der Waals surface area contributed by atoms with E-state index in [1.54, 1.807) is 31.2 Å². The molecule has 0 unspecified atom stereocenters. The molecular formula is C22H27NO4. The van der Waals surface area contributed by atoms with E-state index >= 15 is 0 Å². The molecule has 0 radical (unpaired) electrons. The van der Waals surface area contributed by atoms with Gasteiger partial charge in [0.1, 0.15) is 11.3 Å². The molecule has 0 aliphatic rings. The van der Waals surface area contributed by atoms with Crippen LogP contribution in [-0.2, 0) is 9.53 Å². The second-order valence-electron chi connectivity index (χ2n) is 6.24. The van der Waals surface area contributed by atoms with E-state index in [1.807, 2.05) is 25.1 Å². The quantitative estimate of drug-likeness (QED) is 0.680. The molecule has 1 amide bonds. The van der Waals surface area contributed by atoms with Gasteiger partial charge in [0.05, 0.1) is 6.61 Å². The van der Waals surface area contributed by atoms with Crippen molar-refractivity contribution in [3.63, 3.8) is 0 Å². The normalized spacial score (nSPS) is 12.7. The lowest BCUT2D eigenvalue weighted by Gasteiger charge is -2.19. The van der Waals surface area contributed by atoms with Crippen molar-refractivity contribution in [3.05, 3.63) is 65.7 Å². The summed E-state index contributed by atoms with van der Waals surface area (Å²) in [5.74, 6) is -0.215. The van der Waals surface area contributed by atoms with E-state index in [2.05, 4.69) is 24.4 Å². The lowest BCUT2D eigenvalue weighted by atomic mass is 9.96. The van der Waals surface area contributed by atoms with Crippen molar-refractivity contribution in [2.24, 2.45) is 0 Å². The summed E-state index contributed by atoms with van der Waals surface area (Å²) in [6.07, 6.45) is 0.0145. The van der Waals surface area contributed by atoms with E-state index in [4.69, 9.17) is 9.47 Å². The van der Waals surface area contributed by atoms with E-state index in [-0.39, 0.29) is 11.8 Å². The van der Waals surface area contributed by atoms with Gasteiger partial charge >= 0.3 is 5.97 Å². The van der Waals surface area contributed by atoms with Crippen molar-refractivity contribution in [1.82, 2.24) is 5.32 Å². The van der Waals surface area contributed by atoms with Crippen LogP contribution in [0.5, 0.6) is 5.75 Å². The lowest BCUT2D eigenvalue weighted by molar-refractivity contribution is -0.129. The molecule has 1 N–H and O–H groups in total. The molecule has 0 fully saturated rings. The van der Waals surface area contributed by atoms with E-state index in [0.717, 1.165) is 6.42 Å². The summed E-state index contributed by atoms with van der Waals surface area (Å²) in [5.41, 5.74) is 1.49. The number of para-hydroxylation sites is 1. The highest BCUT2D eigenvalue weighted by Gasteiger charge is 2.22. The van der Waals surface area contributed by atoms with Crippen molar-refractivity contribution in [2.45, 2.75) is 39.2 Å². The number of amides is 1. The molecule has 27 heavy (non-hydrogen) atoms. The zero-order valence-electron chi connectivity index (χ0n) is 16.1. The van der Waals surface area contributed by atoms with E-state index < -0.39 is 12.1 Å². The number of nitrogens with one attached hydrogen (secondary N) is 1. The minimum atomic E-state index is -0.888. The number of esters is 1. The summed E-state index contributed by atoms with van der Waals surface area (Å²) in [7, 11) is 0. The van der Waals surface area contributed by atoms with Crippen molar-refractivity contribution in [1.29, 1.82) is 0 Å². The Kier molecular flexibility index (Phi) is 7.86. The van der Waals surface area contributed by atoms with Crippen LogP contribution in [0.1, 0.15) is 49.0 Å². The van der Waals surface area contributed by atoms with Crippen LogP contribution in [0.15, 0.2) is 54.6 Å². The van der Waals surface area contributed by atoms with Crippen LogP contribution >= 0.6 is 0 Å². The Hall–Kier alpha value is -2.82. The SMILES string of the molecule is CCOc1ccccc1C(=O)O[C@@H](C)C(=O)NC[C@H](CC)c1ccccc1. The molecule has 0 saturated carbocycles. The fourth-order valence-corrected chi connectivity index (χ4v) is 2.78. The predicted octanol–water partition coefficient (Wildman–Crippen LogP) is 3.94. The number of carbonyl (C=O) groups is 2. The summed E-state index contributed by atoms with van der Waals surface area (Å²) in [6.45, 7) is 6.43. The molecule has 0 aromatic heterocycles. The van der Waals surface area contributed by atoms with Gasteiger partial charge in [0.25, 0.3) is 5.91 Å². The van der Waals surface area contributed by atoms with E-state index in [0.29, 0.717) is 24.5 Å². The van der Waals surface area contributed by atoms with Crippen LogP contribution < -0.4 is 10.1 Å². The number of benzene rings is 2. The highest BCUT2D eigenvalue weighted by atomic mass is 16.5. The van der Waals surface area contributed by atoms with Gasteiger partial charge in [-0.25, -0.2) is 4.79 Å². The summed E-state index contributed by atoms with van der Waals surface area (Å²) in [5, 5.41) is 2.88. The molecule has 5 heteroatoms. The van der Waals surface area contributed by atoms with Gasteiger partial charge in [-0.3, -0.25) is 4.79 Å². The first-order chi connectivity index (χ1) is 13.1. The van der Waals surface area contributed by atoms with Gasteiger partial charge in [0.2, 0.25) is 0 Å². The number of hydrogen-bond donors (Lipinski definition) is 1. The molecule has 2 aromatic carbocycles. The first-order valence-corrected chi connectivity index (χ1v) is 9.32. The molecule has 2 aromatic rings. The number of rotatable bonds is 9. The van der Waals surface area contributed by atoms with Crippen molar-refractivity contribution in [2.75, 3.05) is 13.2 Å². The topological polar surface area (TPSA) is 64.6 Å². The standard InChI is InChI=1S/C22H27NO4/c1-4-17(18-11-7-6-8-12-18)15-23-21(24)16(3)27-22(25)19-13-9-10-14-20(19)26-5-2/h6-14,16-17H,4-5,15H2,1-3H3,(H,23,24)/t16-,17-/m0/s1. The van der Waals surface area contributed by atoms with Crippen LogP contribution in [0, 0.1) is 0 Å². The third-order valence-corrected chi connectivity index (χ3v) is 4.35. The first kappa shape index (κ1) is 20.5. The largest absolute Gasteiger partial charge is 0.493 e. The van der Waals surface area contributed by atoms with Gasteiger partial charge in [-0.1, -0.05) is 49.4 Å². The molecule has 2 rings (SSSR count). The highest BCUT2D eigenvalue weighted by Crippen LogP contribution is 2.20. The van der Waals surface area contributed by atoms with Gasteiger partial charge in [-0.2, -0.15) is 0 Å². The first-order valence-electron chi connectivity index (χ1n) is 9.32. The Morgan fingerprint density at radius 2 is 1.67 bits per heavy atom. The summed E-state index contributed by atoms with van der Waals surface area (Å²) < 4.78 is 10.8. The maximum absolute atomic E-state index is 12.4. The fraction of sp³-hybridized carbons (Fsp3) is 0.364. The van der Waals surface area contributed by atoms with Gasteiger partial charge in [-0.15, -0.1) is 0 Å². The number of carbonyl (C=O) groups excluding carboxylic acids is 2. The Labute approximate surface area is 160 Å². The summed E-state index contributed by atoms with van der Waals surface area (Å²) in [4.78, 5) is 24.7. The van der Waals surface area contributed by atoms with Gasteiger partial charge < -0.3 is 14.8 Å². The Morgan fingerprint density at radius 3 is 2.33 bits per heavy atom. The number of ether oxygens (including phenoxy) is 2. The van der Waals surface area contributed by atoms with Crippen molar-refractivity contribution < 1.29 is 19.1 Å². The second-order valence-corrected chi connectivity index (χ2v) is 6.24. The van der Waals surface area contributed by atoms with Crippen LogP contribution in [0.25, 0.3) is 0 Å². The maximum atomic E-state index is 12.4. The molecule has 0 aliphatic carbocycles. The third-order valence-electron chi connectivity index (χ3n) is 4.35. The maximum Gasteiger partial charge on any atom is 0.342 e. The van der Waals surface area contributed by atoms with Gasteiger partial charge in [-0.05, 0) is 38.0 Å². The monoisotopic (exact) mass is 369 g/mol. The van der Waals surface area contributed by atoms with Gasteiger partial charge in [0.15, 0.2) is 6.10 Å². The minimum absolute atomic E-state index is 0.219. The predicted molar refractivity (Wildman–Crippen MR) is 105 cm³/mol. The Balaban J connectivity index is 1.92. The summed E-state index contributed by atoms with van der Waals surface area (Å²) >= 11 is 0. The van der Waals surface area contributed by atoms with Crippen LogP contribution in [0.2, 0.25) is 0 Å². The van der Waals surface area contributed by atoms with E-state index in [9.17, 15) is 9.59 Å². The average Bonchev–Trinajstić information content (AvgIpc) is 2.69. The zero-order valence-corrected chi connectivity index (χ0v) is 16.1. The Morgan fingerprint density at radius 1 is 1.00 bits per heavy atom. The highest BCUT2D eigenvalue weighted by molar-refractivity contribution is 5.94. The number of hydrogen-bond acceptors (Lipinski definition) is 4. The van der Waals surface area contributed by atoms with Crippen LogP contribution in [-0.4, -0.2) is 31.1 Å².